The number of hydrogen-bond acceptors (Lipinski definition) is 2. The molecule has 2 aliphatic carbocycles. The zero-order valence-corrected chi connectivity index (χ0v) is 10.1. The molecule has 0 amide bonds. The fourth-order valence-electron chi connectivity index (χ4n) is 4.06. The van der Waals surface area contributed by atoms with Crippen LogP contribution in [0.3, 0.4) is 0 Å². The van der Waals surface area contributed by atoms with Crippen LogP contribution in [0.15, 0.2) is 12.2 Å². The standard InChI is InChI=1S/C13H18OS/c1-2-3-13-6-9-4-10(7-13)12(15)14-11(5-9)8-13/h2-3,9-11H,4-8H2,1H3/b3-2-. The highest BCUT2D eigenvalue weighted by atomic mass is 32.1. The van der Waals surface area contributed by atoms with E-state index in [0.29, 0.717) is 17.4 Å². The first-order valence-electron chi connectivity index (χ1n) is 6.05. The van der Waals surface area contributed by atoms with Crippen LogP contribution in [0.1, 0.15) is 39.0 Å². The van der Waals surface area contributed by atoms with Crippen LogP contribution in [0, 0.1) is 17.3 Å². The van der Waals surface area contributed by atoms with Crippen molar-refractivity contribution in [2.24, 2.45) is 17.3 Å². The molecule has 2 heterocycles. The highest BCUT2D eigenvalue weighted by molar-refractivity contribution is 7.80. The van der Waals surface area contributed by atoms with E-state index in [2.05, 4.69) is 19.1 Å². The summed E-state index contributed by atoms with van der Waals surface area (Å²) in [4.78, 5) is 0. The molecule has 2 heteroatoms. The Morgan fingerprint density at radius 3 is 3.00 bits per heavy atom. The first kappa shape index (κ1) is 9.83. The third-order valence-electron chi connectivity index (χ3n) is 4.33. The van der Waals surface area contributed by atoms with E-state index in [-0.39, 0.29) is 0 Å². The van der Waals surface area contributed by atoms with E-state index in [1.165, 1.54) is 32.1 Å². The molecule has 4 atom stereocenters. The second-order valence-corrected chi connectivity index (χ2v) is 5.97. The lowest BCUT2D eigenvalue weighted by Gasteiger charge is -2.45. The molecule has 0 aromatic carbocycles. The van der Waals surface area contributed by atoms with Gasteiger partial charge in [0.05, 0.1) is 0 Å². The van der Waals surface area contributed by atoms with Crippen LogP contribution in [0.4, 0.5) is 0 Å². The Morgan fingerprint density at radius 1 is 1.33 bits per heavy atom. The molecular weight excluding hydrogens is 204 g/mol. The maximum absolute atomic E-state index is 5.90. The quantitative estimate of drug-likeness (QED) is 0.496. The summed E-state index contributed by atoms with van der Waals surface area (Å²) in [5.74, 6) is 1.42. The number of fused-ring (bicyclic) bond motifs is 1. The summed E-state index contributed by atoms with van der Waals surface area (Å²) in [6, 6.07) is 0. The maximum atomic E-state index is 5.90. The second-order valence-electron chi connectivity index (χ2n) is 5.57. The van der Waals surface area contributed by atoms with Crippen molar-refractivity contribution in [1.29, 1.82) is 0 Å². The molecule has 4 aliphatic rings. The Bertz CT molecular complexity index is 322. The number of rotatable bonds is 1. The van der Waals surface area contributed by atoms with Crippen LogP contribution < -0.4 is 0 Å². The zero-order chi connectivity index (χ0) is 10.5. The van der Waals surface area contributed by atoms with Gasteiger partial charge < -0.3 is 4.74 Å². The van der Waals surface area contributed by atoms with Gasteiger partial charge in [-0.2, -0.15) is 0 Å². The van der Waals surface area contributed by atoms with E-state index < -0.39 is 0 Å². The lowest BCUT2D eigenvalue weighted by Crippen LogP contribution is -2.38. The molecule has 0 N–H and O–H groups in total. The van der Waals surface area contributed by atoms with Gasteiger partial charge in [-0.15, -0.1) is 0 Å². The van der Waals surface area contributed by atoms with Gasteiger partial charge in [0.2, 0.25) is 0 Å². The number of allylic oxidation sites excluding steroid dienone is 2. The molecule has 0 spiro atoms. The van der Waals surface area contributed by atoms with E-state index in [1.54, 1.807) is 0 Å². The molecule has 15 heavy (non-hydrogen) atoms. The van der Waals surface area contributed by atoms with Crippen molar-refractivity contribution in [1.82, 2.24) is 0 Å². The highest BCUT2D eigenvalue weighted by Gasteiger charge is 2.49. The van der Waals surface area contributed by atoms with Crippen LogP contribution in [0.2, 0.25) is 0 Å². The second kappa shape index (κ2) is 3.31. The highest BCUT2D eigenvalue weighted by Crippen LogP contribution is 2.55. The minimum atomic E-state index is 0.417. The summed E-state index contributed by atoms with van der Waals surface area (Å²) in [7, 11) is 0. The zero-order valence-electron chi connectivity index (χ0n) is 9.24. The summed E-state index contributed by atoms with van der Waals surface area (Å²) in [6.07, 6.45) is 11.4. The van der Waals surface area contributed by atoms with Crippen LogP contribution >= 0.6 is 12.2 Å². The van der Waals surface area contributed by atoms with Crippen LogP contribution in [0.25, 0.3) is 0 Å². The molecule has 4 rings (SSSR count). The number of hydrogen-bond donors (Lipinski definition) is 0. The largest absolute Gasteiger partial charge is 0.484 e. The topological polar surface area (TPSA) is 9.23 Å². The minimum absolute atomic E-state index is 0.417. The fourth-order valence-corrected chi connectivity index (χ4v) is 4.38. The summed E-state index contributed by atoms with van der Waals surface area (Å²) < 4.78 is 5.90. The molecule has 4 fully saturated rings. The molecule has 4 bridgehead atoms. The van der Waals surface area contributed by atoms with Gasteiger partial charge in [-0.3, -0.25) is 0 Å². The monoisotopic (exact) mass is 222 g/mol. The Hall–Kier alpha value is -0.370. The summed E-state index contributed by atoms with van der Waals surface area (Å²) in [5, 5.41) is 0.911. The van der Waals surface area contributed by atoms with Crippen molar-refractivity contribution in [3.05, 3.63) is 12.2 Å². The van der Waals surface area contributed by atoms with Gasteiger partial charge >= 0.3 is 0 Å². The molecule has 2 aliphatic heterocycles. The van der Waals surface area contributed by atoms with Gasteiger partial charge in [0.15, 0.2) is 5.05 Å². The smallest absolute Gasteiger partial charge is 0.163 e. The average molecular weight is 222 g/mol. The first-order valence-corrected chi connectivity index (χ1v) is 6.46. The van der Waals surface area contributed by atoms with Crippen molar-refractivity contribution in [3.63, 3.8) is 0 Å². The van der Waals surface area contributed by atoms with Gasteiger partial charge in [-0.05, 0) is 62.6 Å². The summed E-state index contributed by atoms with van der Waals surface area (Å²) >= 11 is 5.39. The van der Waals surface area contributed by atoms with Crippen molar-refractivity contribution in [2.45, 2.75) is 45.1 Å². The van der Waals surface area contributed by atoms with E-state index in [0.717, 1.165) is 11.0 Å². The molecule has 2 saturated heterocycles. The predicted octanol–water partition coefficient (Wildman–Crippen LogP) is 3.49. The predicted molar refractivity (Wildman–Crippen MR) is 64.8 cm³/mol. The van der Waals surface area contributed by atoms with Crippen LogP contribution in [0.5, 0.6) is 0 Å². The maximum Gasteiger partial charge on any atom is 0.163 e. The van der Waals surface area contributed by atoms with E-state index in [4.69, 9.17) is 17.0 Å². The Kier molecular flexibility index (Phi) is 2.17. The van der Waals surface area contributed by atoms with Gasteiger partial charge in [0.25, 0.3) is 0 Å². The average Bonchev–Trinajstić information content (AvgIpc) is 2.29. The molecule has 0 aromatic heterocycles. The van der Waals surface area contributed by atoms with Crippen molar-refractivity contribution >= 4 is 17.3 Å². The van der Waals surface area contributed by atoms with Gasteiger partial charge in [-0.25, -0.2) is 0 Å². The normalized spacial score (nSPS) is 48.3. The molecule has 4 unspecified atom stereocenters. The van der Waals surface area contributed by atoms with Gasteiger partial charge in [0.1, 0.15) is 6.10 Å². The van der Waals surface area contributed by atoms with Crippen molar-refractivity contribution < 1.29 is 4.74 Å². The van der Waals surface area contributed by atoms with Gasteiger partial charge in [-0.1, -0.05) is 12.2 Å². The SMILES string of the molecule is C/C=C\C12CC3CC(C1)OC(=S)C(C3)C2. The Balaban J connectivity index is 1.98. The lowest BCUT2D eigenvalue weighted by molar-refractivity contribution is 0.0449. The summed E-state index contributed by atoms with van der Waals surface area (Å²) in [6.45, 7) is 2.13. The number of thiocarbonyl (C=S) groups is 1. The van der Waals surface area contributed by atoms with Crippen LogP contribution in [-0.2, 0) is 4.74 Å². The molecular formula is C13H18OS. The van der Waals surface area contributed by atoms with Gasteiger partial charge in [0, 0.05) is 5.92 Å². The van der Waals surface area contributed by atoms with Crippen molar-refractivity contribution in [2.75, 3.05) is 0 Å². The molecule has 0 radical (unpaired) electrons. The lowest BCUT2D eigenvalue weighted by atomic mass is 9.59. The molecule has 82 valence electrons. The Morgan fingerprint density at radius 2 is 2.20 bits per heavy atom. The van der Waals surface area contributed by atoms with E-state index >= 15 is 0 Å². The first-order chi connectivity index (χ1) is 7.21. The molecule has 1 nitrogen and oxygen atoms in total. The molecule has 2 saturated carbocycles. The van der Waals surface area contributed by atoms with Crippen molar-refractivity contribution in [3.8, 4) is 0 Å². The minimum Gasteiger partial charge on any atom is -0.484 e. The Labute approximate surface area is 96.9 Å². The van der Waals surface area contributed by atoms with Crippen LogP contribution in [-0.4, -0.2) is 11.2 Å². The van der Waals surface area contributed by atoms with E-state index in [9.17, 15) is 0 Å². The third-order valence-corrected chi connectivity index (χ3v) is 4.76. The van der Waals surface area contributed by atoms with E-state index in [1.807, 2.05) is 0 Å². The summed E-state index contributed by atoms with van der Waals surface area (Å²) in [5.41, 5.74) is 0.422. The molecule has 0 aromatic rings. The fraction of sp³-hybridized carbons (Fsp3) is 0.769. The number of ether oxygens (including phenoxy) is 1. The third kappa shape index (κ3) is 1.54.